The number of rotatable bonds is 7. The molecule has 1 aromatic rings. The van der Waals surface area contributed by atoms with Gasteiger partial charge in [-0.15, -0.1) is 0 Å². The van der Waals surface area contributed by atoms with Crippen LogP contribution in [0.4, 0.5) is 11.5 Å². The Bertz CT molecular complexity index is 443. The maximum absolute atomic E-state index is 5.89. The van der Waals surface area contributed by atoms with E-state index in [0.717, 1.165) is 38.6 Å². The summed E-state index contributed by atoms with van der Waals surface area (Å²) in [5.41, 5.74) is 6.50. The number of nitrogens with one attached hydrogen (secondary N) is 1. The lowest BCUT2D eigenvalue weighted by Crippen LogP contribution is -2.11. The summed E-state index contributed by atoms with van der Waals surface area (Å²) in [5.74, 6) is 2.78. The highest BCUT2D eigenvalue weighted by atomic mass is 16.5. The van der Waals surface area contributed by atoms with E-state index >= 15 is 0 Å². The molecule has 1 aliphatic heterocycles. The second-order valence-electron chi connectivity index (χ2n) is 5.79. The van der Waals surface area contributed by atoms with Gasteiger partial charge in [0.2, 0.25) is 5.88 Å². The lowest BCUT2D eigenvalue weighted by Gasteiger charge is -2.12. The molecule has 5 heteroatoms. The third-order valence-corrected chi connectivity index (χ3v) is 3.93. The van der Waals surface area contributed by atoms with E-state index < -0.39 is 0 Å². The monoisotopic (exact) mass is 277 g/mol. The zero-order chi connectivity index (χ0) is 13.8. The van der Waals surface area contributed by atoms with Crippen molar-refractivity contribution >= 4 is 11.5 Å². The van der Waals surface area contributed by atoms with Gasteiger partial charge in [0.05, 0.1) is 12.3 Å². The van der Waals surface area contributed by atoms with Crippen molar-refractivity contribution in [1.82, 2.24) is 4.98 Å². The minimum Gasteiger partial charge on any atom is -0.476 e. The number of anilines is 2. The Morgan fingerprint density at radius 2 is 2.20 bits per heavy atom. The molecule has 0 spiro atoms. The third-order valence-electron chi connectivity index (χ3n) is 3.93. The predicted molar refractivity (Wildman–Crippen MR) is 78.9 cm³/mol. The Labute approximate surface area is 119 Å². The molecular formula is C15H23N3O2. The van der Waals surface area contributed by atoms with E-state index in [1.54, 1.807) is 0 Å². The highest BCUT2D eigenvalue weighted by Gasteiger charge is 2.22. The van der Waals surface area contributed by atoms with Gasteiger partial charge in [0.15, 0.2) is 0 Å². The highest BCUT2D eigenvalue weighted by molar-refractivity contribution is 5.53. The van der Waals surface area contributed by atoms with Crippen LogP contribution in [0.25, 0.3) is 0 Å². The molecule has 1 saturated carbocycles. The predicted octanol–water partition coefficient (Wildman–Crippen LogP) is 2.29. The second kappa shape index (κ2) is 6.31. The fourth-order valence-electron chi connectivity index (χ4n) is 2.36. The van der Waals surface area contributed by atoms with E-state index in [1.807, 2.05) is 12.1 Å². The summed E-state index contributed by atoms with van der Waals surface area (Å²) < 4.78 is 11.1. The van der Waals surface area contributed by atoms with Gasteiger partial charge in [-0.05, 0) is 49.7 Å². The average molecular weight is 277 g/mol. The van der Waals surface area contributed by atoms with Crippen LogP contribution in [-0.2, 0) is 4.74 Å². The van der Waals surface area contributed by atoms with Crippen LogP contribution in [-0.4, -0.2) is 31.3 Å². The van der Waals surface area contributed by atoms with E-state index in [2.05, 4.69) is 10.3 Å². The zero-order valence-electron chi connectivity index (χ0n) is 11.8. The summed E-state index contributed by atoms with van der Waals surface area (Å²) >= 11 is 0. The first kappa shape index (κ1) is 13.5. The number of nitrogens with two attached hydrogens (primary N) is 1. The molecule has 1 aliphatic carbocycles. The molecule has 5 nitrogen and oxygen atoms in total. The van der Waals surface area contributed by atoms with Gasteiger partial charge < -0.3 is 20.5 Å². The number of pyridine rings is 1. The summed E-state index contributed by atoms with van der Waals surface area (Å²) in [6.07, 6.45) is 4.82. The topological polar surface area (TPSA) is 69.4 Å². The summed E-state index contributed by atoms with van der Waals surface area (Å²) in [4.78, 5) is 4.45. The number of nitrogens with zero attached hydrogens (tertiary/aromatic N) is 1. The van der Waals surface area contributed by atoms with Crippen molar-refractivity contribution in [2.75, 3.05) is 37.4 Å². The normalized spacial score (nSPS) is 21.9. The number of aromatic nitrogens is 1. The average Bonchev–Trinajstić information content (AvgIpc) is 3.14. The van der Waals surface area contributed by atoms with Crippen LogP contribution in [0.15, 0.2) is 12.1 Å². The van der Waals surface area contributed by atoms with Crippen LogP contribution in [0.2, 0.25) is 0 Å². The Balaban J connectivity index is 1.48. The molecule has 20 heavy (non-hydrogen) atoms. The van der Waals surface area contributed by atoms with Gasteiger partial charge in [0.25, 0.3) is 0 Å². The number of hydrogen-bond acceptors (Lipinski definition) is 5. The van der Waals surface area contributed by atoms with E-state index in [4.69, 9.17) is 15.2 Å². The SMILES string of the molecule is Nc1ccc(NCCC2CCOC2)nc1OCC1CC1. The van der Waals surface area contributed by atoms with E-state index in [0.29, 0.717) is 23.4 Å². The minimum atomic E-state index is 0.561. The maximum atomic E-state index is 5.89. The van der Waals surface area contributed by atoms with Gasteiger partial charge >= 0.3 is 0 Å². The van der Waals surface area contributed by atoms with Gasteiger partial charge in [0, 0.05) is 19.8 Å². The van der Waals surface area contributed by atoms with Gasteiger partial charge in [-0.25, -0.2) is 0 Å². The molecule has 1 saturated heterocycles. The quantitative estimate of drug-likeness (QED) is 0.800. The molecule has 3 N–H and O–H groups in total. The molecule has 1 unspecified atom stereocenters. The molecule has 2 fully saturated rings. The van der Waals surface area contributed by atoms with Crippen molar-refractivity contribution in [3.63, 3.8) is 0 Å². The summed E-state index contributed by atoms with van der Waals surface area (Å²) in [7, 11) is 0. The number of ether oxygens (including phenoxy) is 2. The summed E-state index contributed by atoms with van der Waals surface area (Å²) in [6.45, 7) is 3.45. The van der Waals surface area contributed by atoms with E-state index in [9.17, 15) is 0 Å². The molecule has 0 amide bonds. The van der Waals surface area contributed by atoms with Crippen LogP contribution in [0.5, 0.6) is 5.88 Å². The Morgan fingerprint density at radius 1 is 1.30 bits per heavy atom. The van der Waals surface area contributed by atoms with Crippen molar-refractivity contribution in [2.45, 2.75) is 25.7 Å². The molecule has 1 atom stereocenters. The van der Waals surface area contributed by atoms with Crippen LogP contribution >= 0.6 is 0 Å². The van der Waals surface area contributed by atoms with Crippen molar-refractivity contribution < 1.29 is 9.47 Å². The van der Waals surface area contributed by atoms with Crippen molar-refractivity contribution in [2.24, 2.45) is 11.8 Å². The summed E-state index contributed by atoms with van der Waals surface area (Å²) in [6, 6.07) is 3.76. The van der Waals surface area contributed by atoms with Gasteiger partial charge in [-0.1, -0.05) is 0 Å². The maximum Gasteiger partial charge on any atom is 0.239 e. The smallest absolute Gasteiger partial charge is 0.239 e. The Morgan fingerprint density at radius 3 is 2.95 bits per heavy atom. The van der Waals surface area contributed by atoms with Crippen LogP contribution in [0.1, 0.15) is 25.7 Å². The van der Waals surface area contributed by atoms with Crippen molar-refractivity contribution in [3.05, 3.63) is 12.1 Å². The van der Waals surface area contributed by atoms with Crippen molar-refractivity contribution in [1.29, 1.82) is 0 Å². The lowest BCUT2D eigenvalue weighted by molar-refractivity contribution is 0.185. The lowest BCUT2D eigenvalue weighted by atomic mass is 10.1. The zero-order valence-corrected chi connectivity index (χ0v) is 11.8. The first-order valence-electron chi connectivity index (χ1n) is 7.52. The van der Waals surface area contributed by atoms with Gasteiger partial charge in [0.1, 0.15) is 5.82 Å². The third kappa shape index (κ3) is 3.76. The van der Waals surface area contributed by atoms with Crippen LogP contribution < -0.4 is 15.8 Å². The number of hydrogen-bond donors (Lipinski definition) is 2. The van der Waals surface area contributed by atoms with Crippen LogP contribution in [0.3, 0.4) is 0 Å². The molecule has 3 rings (SSSR count). The Hall–Kier alpha value is -1.49. The molecular weight excluding hydrogens is 254 g/mol. The fraction of sp³-hybridized carbons (Fsp3) is 0.667. The minimum absolute atomic E-state index is 0.561. The molecule has 0 bridgehead atoms. The summed E-state index contributed by atoms with van der Waals surface area (Å²) in [5, 5.41) is 3.34. The largest absolute Gasteiger partial charge is 0.476 e. The number of nitrogen functional groups attached to an aromatic ring is 1. The molecule has 0 radical (unpaired) electrons. The molecule has 0 aromatic carbocycles. The standard InChI is InChI=1S/C15H23N3O2/c16-13-3-4-14(17-7-5-12-6-8-19-9-12)18-15(13)20-10-11-1-2-11/h3-4,11-12H,1-2,5-10,16H2,(H,17,18). The molecule has 2 heterocycles. The molecule has 1 aromatic heterocycles. The van der Waals surface area contributed by atoms with Gasteiger partial charge in [-0.3, -0.25) is 0 Å². The van der Waals surface area contributed by atoms with E-state index in [-0.39, 0.29) is 0 Å². The van der Waals surface area contributed by atoms with Crippen molar-refractivity contribution in [3.8, 4) is 5.88 Å². The molecule has 2 aliphatic rings. The highest BCUT2D eigenvalue weighted by Crippen LogP contribution is 2.30. The van der Waals surface area contributed by atoms with Crippen LogP contribution in [0, 0.1) is 11.8 Å². The fourth-order valence-corrected chi connectivity index (χ4v) is 2.36. The van der Waals surface area contributed by atoms with Gasteiger partial charge in [-0.2, -0.15) is 4.98 Å². The Kier molecular flexibility index (Phi) is 4.25. The first-order valence-corrected chi connectivity index (χ1v) is 7.52. The second-order valence-corrected chi connectivity index (χ2v) is 5.79. The van der Waals surface area contributed by atoms with E-state index in [1.165, 1.54) is 19.3 Å². The first-order chi connectivity index (χ1) is 9.81. The molecule has 110 valence electrons.